The van der Waals surface area contributed by atoms with Crippen LogP contribution in [0.5, 0.6) is 11.5 Å². The van der Waals surface area contributed by atoms with Crippen LogP contribution in [-0.4, -0.2) is 34.0 Å². The maximum Gasteiger partial charge on any atom is 0.234 e. The van der Waals surface area contributed by atoms with Gasteiger partial charge in [0.1, 0.15) is 5.01 Å². The Morgan fingerprint density at radius 2 is 1.69 bits per heavy atom. The summed E-state index contributed by atoms with van der Waals surface area (Å²) in [6.07, 6.45) is 1.42. The van der Waals surface area contributed by atoms with E-state index < -0.39 is 0 Å². The van der Waals surface area contributed by atoms with Crippen molar-refractivity contribution in [3.63, 3.8) is 0 Å². The number of nitrogens with zero attached hydrogens (tertiary/aromatic N) is 4. The Bertz CT molecular complexity index is 1030. The molecule has 0 aliphatic carbocycles. The molecule has 0 N–H and O–H groups in total. The van der Waals surface area contributed by atoms with E-state index >= 15 is 0 Å². The summed E-state index contributed by atoms with van der Waals surface area (Å²) in [4.78, 5) is 0.811. The Balaban J connectivity index is 1.58. The fourth-order valence-corrected chi connectivity index (χ4v) is 3.71. The van der Waals surface area contributed by atoms with Crippen molar-refractivity contribution in [3.05, 3.63) is 70.5 Å². The quantitative estimate of drug-likeness (QED) is 0.523. The van der Waals surface area contributed by atoms with Crippen molar-refractivity contribution >= 4 is 16.3 Å². The average Bonchev–Trinajstić information content (AvgIpc) is 3.23. The highest BCUT2D eigenvalue weighted by molar-refractivity contribution is 7.16. The number of benzene rings is 2. The van der Waals surface area contributed by atoms with Crippen LogP contribution < -0.4 is 9.47 Å². The first-order valence-corrected chi connectivity index (χ1v) is 9.03. The third kappa shape index (κ3) is 3.25. The van der Waals surface area contributed by atoms with Gasteiger partial charge in [0.05, 0.1) is 14.2 Å². The molecule has 0 spiro atoms. The van der Waals surface area contributed by atoms with Crippen LogP contribution in [0.15, 0.2) is 48.5 Å². The van der Waals surface area contributed by atoms with E-state index in [2.05, 4.69) is 22.3 Å². The van der Waals surface area contributed by atoms with Crippen LogP contribution in [0.25, 0.3) is 4.96 Å². The average molecular weight is 366 g/mol. The predicted octanol–water partition coefficient (Wildman–Crippen LogP) is 3.38. The third-order valence-electron chi connectivity index (χ3n) is 4.11. The van der Waals surface area contributed by atoms with Gasteiger partial charge in [0, 0.05) is 12.8 Å². The van der Waals surface area contributed by atoms with Crippen molar-refractivity contribution in [2.45, 2.75) is 12.8 Å². The molecule has 6 nitrogen and oxygen atoms in total. The van der Waals surface area contributed by atoms with Crippen molar-refractivity contribution in [1.82, 2.24) is 19.8 Å². The van der Waals surface area contributed by atoms with Crippen molar-refractivity contribution in [2.24, 2.45) is 0 Å². The molecule has 0 bridgehead atoms. The van der Waals surface area contributed by atoms with Gasteiger partial charge in [-0.1, -0.05) is 47.7 Å². The Hall–Kier alpha value is -2.93. The molecule has 0 aliphatic rings. The molecule has 0 aliphatic heterocycles. The molecular weight excluding hydrogens is 348 g/mol. The molecule has 0 atom stereocenters. The summed E-state index contributed by atoms with van der Waals surface area (Å²) in [5, 5.41) is 14.2. The van der Waals surface area contributed by atoms with Gasteiger partial charge in [-0.2, -0.15) is 9.61 Å². The summed E-state index contributed by atoms with van der Waals surface area (Å²) in [7, 11) is 3.27. The topological polar surface area (TPSA) is 61.5 Å². The van der Waals surface area contributed by atoms with Gasteiger partial charge in [0.2, 0.25) is 4.96 Å². The normalized spacial score (nSPS) is 11.0. The first-order valence-electron chi connectivity index (χ1n) is 8.21. The molecule has 26 heavy (non-hydrogen) atoms. The minimum absolute atomic E-state index is 0.707. The lowest BCUT2D eigenvalue weighted by molar-refractivity contribution is 0.354. The molecule has 4 rings (SSSR count). The van der Waals surface area contributed by atoms with E-state index in [0.29, 0.717) is 12.8 Å². The van der Waals surface area contributed by atoms with Gasteiger partial charge >= 0.3 is 0 Å². The number of ether oxygens (including phenoxy) is 2. The van der Waals surface area contributed by atoms with Crippen LogP contribution in [0.3, 0.4) is 0 Å². The van der Waals surface area contributed by atoms with Crippen LogP contribution >= 0.6 is 11.3 Å². The van der Waals surface area contributed by atoms with Gasteiger partial charge in [0.15, 0.2) is 17.3 Å². The smallest absolute Gasteiger partial charge is 0.234 e. The molecule has 4 aromatic rings. The molecule has 132 valence electrons. The summed E-state index contributed by atoms with van der Waals surface area (Å²) in [6.45, 7) is 0. The van der Waals surface area contributed by atoms with E-state index in [1.807, 2.05) is 40.9 Å². The molecule has 7 heteroatoms. The van der Waals surface area contributed by atoms with Crippen LogP contribution in [0.1, 0.15) is 22.0 Å². The molecule has 0 radical (unpaired) electrons. The molecule has 0 saturated heterocycles. The lowest BCUT2D eigenvalue weighted by Crippen LogP contribution is -1.99. The SMILES string of the molecule is COc1ccc(Cc2nn3c(Cc4ccccc4)nnc3s2)cc1OC. The molecule has 0 fully saturated rings. The molecule has 2 aromatic carbocycles. The third-order valence-corrected chi connectivity index (χ3v) is 5.00. The Kier molecular flexibility index (Phi) is 4.53. The van der Waals surface area contributed by atoms with Gasteiger partial charge < -0.3 is 9.47 Å². The predicted molar refractivity (Wildman–Crippen MR) is 100 cm³/mol. The largest absolute Gasteiger partial charge is 0.493 e. The van der Waals surface area contributed by atoms with Gasteiger partial charge in [0.25, 0.3) is 0 Å². The van der Waals surface area contributed by atoms with Crippen LogP contribution in [0.4, 0.5) is 0 Å². The van der Waals surface area contributed by atoms with E-state index in [4.69, 9.17) is 14.6 Å². The highest BCUT2D eigenvalue weighted by Crippen LogP contribution is 2.29. The lowest BCUT2D eigenvalue weighted by atomic mass is 10.1. The van der Waals surface area contributed by atoms with Crippen LogP contribution in [0, 0.1) is 0 Å². The van der Waals surface area contributed by atoms with Crippen molar-refractivity contribution in [1.29, 1.82) is 0 Å². The zero-order valence-corrected chi connectivity index (χ0v) is 15.4. The maximum atomic E-state index is 5.37. The fourth-order valence-electron chi connectivity index (χ4n) is 2.82. The first kappa shape index (κ1) is 16.5. The molecule has 2 aromatic heterocycles. The Morgan fingerprint density at radius 1 is 0.885 bits per heavy atom. The highest BCUT2D eigenvalue weighted by Gasteiger charge is 2.13. The van der Waals surface area contributed by atoms with Gasteiger partial charge in [-0.25, -0.2) is 0 Å². The molecule has 0 amide bonds. The lowest BCUT2D eigenvalue weighted by Gasteiger charge is -2.08. The fraction of sp³-hybridized carbons (Fsp3) is 0.211. The molecular formula is C19H18N4O2S. The van der Waals surface area contributed by atoms with Gasteiger partial charge in [-0.3, -0.25) is 0 Å². The standard InChI is InChI=1S/C19H18N4O2S/c1-24-15-9-8-14(10-16(15)25-2)12-18-22-23-17(20-21-19(23)26-18)11-13-6-4-3-5-7-13/h3-10H,11-12H2,1-2H3. The Morgan fingerprint density at radius 3 is 2.46 bits per heavy atom. The zero-order valence-electron chi connectivity index (χ0n) is 14.5. The van der Waals surface area contributed by atoms with Crippen molar-refractivity contribution in [3.8, 4) is 11.5 Å². The van der Waals surface area contributed by atoms with E-state index in [1.54, 1.807) is 25.6 Å². The molecule has 2 heterocycles. The van der Waals surface area contributed by atoms with Gasteiger partial charge in [-0.05, 0) is 23.3 Å². The van der Waals surface area contributed by atoms with E-state index in [-0.39, 0.29) is 0 Å². The van der Waals surface area contributed by atoms with Crippen molar-refractivity contribution in [2.75, 3.05) is 14.2 Å². The van der Waals surface area contributed by atoms with Crippen LogP contribution in [-0.2, 0) is 12.8 Å². The second-order valence-electron chi connectivity index (χ2n) is 5.83. The second kappa shape index (κ2) is 7.13. The monoisotopic (exact) mass is 366 g/mol. The van der Waals surface area contributed by atoms with Crippen LogP contribution in [0.2, 0.25) is 0 Å². The minimum atomic E-state index is 0.707. The molecule has 0 unspecified atom stereocenters. The summed E-state index contributed by atoms with van der Waals surface area (Å²) < 4.78 is 12.5. The van der Waals surface area contributed by atoms with E-state index in [0.717, 1.165) is 32.9 Å². The van der Waals surface area contributed by atoms with E-state index in [9.17, 15) is 0 Å². The number of hydrogen-bond acceptors (Lipinski definition) is 6. The number of fused-ring (bicyclic) bond motifs is 1. The minimum Gasteiger partial charge on any atom is -0.493 e. The molecule has 0 saturated carbocycles. The number of methoxy groups -OCH3 is 2. The summed E-state index contributed by atoms with van der Waals surface area (Å²) in [6, 6.07) is 16.1. The maximum absolute atomic E-state index is 5.37. The summed E-state index contributed by atoms with van der Waals surface area (Å²) >= 11 is 1.55. The number of hydrogen-bond donors (Lipinski definition) is 0. The van der Waals surface area contributed by atoms with Gasteiger partial charge in [-0.15, -0.1) is 10.2 Å². The second-order valence-corrected chi connectivity index (χ2v) is 6.88. The van der Waals surface area contributed by atoms with E-state index in [1.165, 1.54) is 5.56 Å². The summed E-state index contributed by atoms with van der Waals surface area (Å²) in [5.74, 6) is 2.29. The Labute approximate surface area is 155 Å². The zero-order chi connectivity index (χ0) is 17.9. The summed E-state index contributed by atoms with van der Waals surface area (Å²) in [5.41, 5.74) is 2.30. The first-order chi connectivity index (χ1) is 12.8. The number of rotatable bonds is 6. The number of aromatic nitrogens is 4. The van der Waals surface area contributed by atoms with Crippen molar-refractivity contribution < 1.29 is 9.47 Å². The highest BCUT2D eigenvalue weighted by atomic mass is 32.1.